The maximum Gasteiger partial charge on any atom is 0.242 e. The molecule has 0 heterocycles. The van der Waals surface area contributed by atoms with Gasteiger partial charge >= 0.3 is 0 Å². The van der Waals surface area contributed by atoms with Crippen molar-refractivity contribution in [2.75, 3.05) is 24.9 Å². The molecule has 9 nitrogen and oxygen atoms in total. The number of amides is 2. The Hall–Kier alpha value is -3.89. The number of benzene rings is 3. The molecule has 0 aliphatic rings. The molecule has 3 aromatic rings. The molecule has 1 atom stereocenters. The van der Waals surface area contributed by atoms with E-state index in [0.717, 1.165) is 5.56 Å². The Morgan fingerprint density at radius 2 is 1.49 bits per heavy atom. The van der Waals surface area contributed by atoms with E-state index in [1.165, 1.54) is 39.3 Å². The van der Waals surface area contributed by atoms with E-state index in [-0.39, 0.29) is 23.0 Å². The second-order valence-corrected chi connectivity index (χ2v) is 9.35. The quantitative estimate of drug-likeness (QED) is 0.395. The van der Waals surface area contributed by atoms with E-state index in [4.69, 9.17) is 9.47 Å². The molecule has 3 N–H and O–H groups in total. The highest BCUT2D eigenvalue weighted by molar-refractivity contribution is 7.89. The van der Waals surface area contributed by atoms with Crippen molar-refractivity contribution in [3.8, 4) is 11.5 Å². The zero-order valence-corrected chi connectivity index (χ0v) is 20.4. The van der Waals surface area contributed by atoms with Crippen LogP contribution in [0.2, 0.25) is 0 Å². The van der Waals surface area contributed by atoms with Crippen LogP contribution in [0.4, 0.5) is 11.4 Å². The summed E-state index contributed by atoms with van der Waals surface area (Å²) in [4.78, 5) is 24.5. The number of carbonyl (C=O) groups is 2. The van der Waals surface area contributed by atoms with Gasteiger partial charge in [0.2, 0.25) is 21.8 Å². The molecule has 0 fully saturated rings. The predicted octanol–water partition coefficient (Wildman–Crippen LogP) is 3.19. The first kappa shape index (κ1) is 25.7. The van der Waals surface area contributed by atoms with Crippen molar-refractivity contribution in [1.29, 1.82) is 0 Å². The Morgan fingerprint density at radius 1 is 0.829 bits per heavy atom. The molecule has 35 heavy (non-hydrogen) atoms. The molecule has 0 aliphatic heterocycles. The van der Waals surface area contributed by atoms with Crippen molar-refractivity contribution in [2.24, 2.45) is 0 Å². The fraction of sp³-hybridized carbons (Fsp3) is 0.200. The molecule has 0 bridgehead atoms. The SMILES string of the molecule is COc1ccc(S(=O)(=O)N[C@H](Cc2ccccc2)C(=O)Nc2cccc(NC(C)=O)c2)cc1OC. The number of methoxy groups -OCH3 is 2. The first-order valence-electron chi connectivity index (χ1n) is 10.7. The summed E-state index contributed by atoms with van der Waals surface area (Å²) in [5.41, 5.74) is 1.68. The summed E-state index contributed by atoms with van der Waals surface area (Å²) in [6, 6.07) is 18.7. The van der Waals surface area contributed by atoms with Gasteiger partial charge < -0.3 is 20.1 Å². The van der Waals surface area contributed by atoms with Crippen LogP contribution in [0.15, 0.2) is 77.7 Å². The summed E-state index contributed by atoms with van der Waals surface area (Å²) < 4.78 is 39.3. The molecule has 2 amide bonds. The number of sulfonamides is 1. The van der Waals surface area contributed by atoms with Crippen LogP contribution in [0, 0.1) is 0 Å². The number of nitrogens with one attached hydrogen (secondary N) is 3. The van der Waals surface area contributed by atoms with Crippen molar-refractivity contribution < 1.29 is 27.5 Å². The largest absolute Gasteiger partial charge is 0.493 e. The van der Waals surface area contributed by atoms with Gasteiger partial charge in [-0.2, -0.15) is 4.72 Å². The monoisotopic (exact) mass is 497 g/mol. The topological polar surface area (TPSA) is 123 Å². The molecule has 0 spiro atoms. The molecule has 184 valence electrons. The molecule has 0 saturated heterocycles. The van der Waals surface area contributed by atoms with E-state index in [0.29, 0.717) is 17.1 Å². The van der Waals surface area contributed by atoms with Gasteiger partial charge in [0.1, 0.15) is 6.04 Å². The third kappa shape index (κ3) is 7.05. The smallest absolute Gasteiger partial charge is 0.242 e. The number of carbonyl (C=O) groups excluding carboxylic acids is 2. The number of hydrogen-bond donors (Lipinski definition) is 3. The van der Waals surface area contributed by atoms with Crippen molar-refractivity contribution >= 4 is 33.2 Å². The average Bonchev–Trinajstić information content (AvgIpc) is 2.83. The summed E-state index contributed by atoms with van der Waals surface area (Å²) in [7, 11) is -1.25. The Balaban J connectivity index is 1.88. The van der Waals surface area contributed by atoms with E-state index in [1.807, 2.05) is 30.3 Å². The van der Waals surface area contributed by atoms with E-state index in [9.17, 15) is 18.0 Å². The molecule has 0 unspecified atom stereocenters. The zero-order chi connectivity index (χ0) is 25.4. The average molecular weight is 498 g/mol. The van der Waals surface area contributed by atoms with Gasteiger partial charge in [-0.25, -0.2) is 8.42 Å². The normalized spacial score (nSPS) is 11.9. The Morgan fingerprint density at radius 3 is 2.11 bits per heavy atom. The number of anilines is 2. The predicted molar refractivity (Wildman–Crippen MR) is 133 cm³/mol. The summed E-state index contributed by atoms with van der Waals surface area (Å²) in [6.45, 7) is 1.38. The van der Waals surface area contributed by atoms with E-state index in [2.05, 4.69) is 15.4 Å². The number of hydrogen-bond acceptors (Lipinski definition) is 6. The van der Waals surface area contributed by atoms with Crippen LogP contribution in [-0.2, 0) is 26.0 Å². The molecule has 0 saturated carbocycles. The molecule has 3 rings (SSSR count). The van der Waals surface area contributed by atoms with Crippen LogP contribution < -0.4 is 24.8 Å². The lowest BCUT2D eigenvalue weighted by atomic mass is 10.1. The van der Waals surface area contributed by atoms with Crippen LogP contribution in [0.1, 0.15) is 12.5 Å². The third-order valence-electron chi connectivity index (χ3n) is 5.01. The minimum Gasteiger partial charge on any atom is -0.493 e. The van der Waals surface area contributed by atoms with Gasteiger partial charge in [0.15, 0.2) is 11.5 Å². The molecular weight excluding hydrogens is 470 g/mol. The highest BCUT2D eigenvalue weighted by Crippen LogP contribution is 2.29. The fourth-order valence-electron chi connectivity index (χ4n) is 3.38. The Kier molecular flexibility index (Phi) is 8.45. The molecule has 3 aromatic carbocycles. The van der Waals surface area contributed by atoms with E-state index in [1.54, 1.807) is 24.3 Å². The minimum absolute atomic E-state index is 0.0753. The minimum atomic E-state index is -4.10. The van der Waals surface area contributed by atoms with Gasteiger partial charge in [0.05, 0.1) is 19.1 Å². The standard InChI is InChI=1S/C25H27N3O6S/c1-17(29)26-19-10-7-11-20(15-19)27-25(30)22(14-18-8-5-4-6-9-18)28-35(31,32)21-12-13-23(33-2)24(16-21)34-3/h4-13,15-16,22,28H,14H2,1-3H3,(H,26,29)(H,27,30)/t22-/m1/s1. The highest BCUT2D eigenvalue weighted by atomic mass is 32.2. The molecule has 0 aromatic heterocycles. The molecular formula is C25H27N3O6S. The number of ether oxygens (including phenoxy) is 2. The maximum atomic E-state index is 13.2. The van der Waals surface area contributed by atoms with Crippen molar-refractivity contribution in [1.82, 2.24) is 4.72 Å². The van der Waals surface area contributed by atoms with Gasteiger partial charge in [-0.15, -0.1) is 0 Å². The number of rotatable bonds is 10. The van der Waals surface area contributed by atoms with Gasteiger partial charge in [-0.05, 0) is 42.3 Å². The van der Waals surface area contributed by atoms with Crippen LogP contribution in [0.25, 0.3) is 0 Å². The lowest BCUT2D eigenvalue weighted by molar-refractivity contribution is -0.117. The van der Waals surface area contributed by atoms with Crippen LogP contribution in [-0.4, -0.2) is 40.5 Å². The first-order valence-corrected chi connectivity index (χ1v) is 12.2. The highest BCUT2D eigenvalue weighted by Gasteiger charge is 2.27. The van der Waals surface area contributed by atoms with Crippen LogP contribution in [0.3, 0.4) is 0 Å². The van der Waals surface area contributed by atoms with Crippen molar-refractivity contribution in [3.05, 3.63) is 78.4 Å². The Bertz CT molecular complexity index is 1300. The first-order chi connectivity index (χ1) is 16.7. The summed E-state index contributed by atoms with van der Waals surface area (Å²) in [5, 5.41) is 5.37. The molecule has 10 heteroatoms. The van der Waals surface area contributed by atoms with Gasteiger partial charge in [0.25, 0.3) is 0 Å². The summed E-state index contributed by atoms with van der Waals surface area (Å²) in [6.07, 6.45) is 0.116. The fourth-order valence-corrected chi connectivity index (χ4v) is 4.59. The maximum absolute atomic E-state index is 13.2. The summed E-state index contributed by atoms with van der Waals surface area (Å²) >= 11 is 0. The van der Waals surface area contributed by atoms with E-state index >= 15 is 0 Å². The third-order valence-corrected chi connectivity index (χ3v) is 6.48. The van der Waals surface area contributed by atoms with Gasteiger partial charge in [0, 0.05) is 24.4 Å². The lowest BCUT2D eigenvalue weighted by Crippen LogP contribution is -2.45. The molecule has 0 radical (unpaired) electrons. The second-order valence-electron chi connectivity index (χ2n) is 7.63. The van der Waals surface area contributed by atoms with Crippen LogP contribution >= 0.6 is 0 Å². The summed E-state index contributed by atoms with van der Waals surface area (Å²) in [5.74, 6) is -0.186. The zero-order valence-electron chi connectivity index (χ0n) is 19.6. The Labute approximate surface area is 204 Å². The second kappa shape index (κ2) is 11.5. The van der Waals surface area contributed by atoms with Crippen molar-refractivity contribution in [2.45, 2.75) is 24.3 Å². The van der Waals surface area contributed by atoms with Gasteiger partial charge in [-0.3, -0.25) is 9.59 Å². The van der Waals surface area contributed by atoms with Crippen molar-refractivity contribution in [3.63, 3.8) is 0 Å². The van der Waals surface area contributed by atoms with Gasteiger partial charge in [-0.1, -0.05) is 36.4 Å². The van der Waals surface area contributed by atoms with Crippen LogP contribution in [0.5, 0.6) is 11.5 Å². The molecule has 0 aliphatic carbocycles. The van der Waals surface area contributed by atoms with E-state index < -0.39 is 22.0 Å². The lowest BCUT2D eigenvalue weighted by Gasteiger charge is -2.19.